The fraction of sp³-hybridized carbons (Fsp3) is 0.600. The SMILES string of the molecule is C=S1(=O)NC(=O)c2ccc3c(c2)N(C[C@@H]2CC[C@H]2[C@H](O)C[C@H](N(C)C)C[C@H](C)[C@H]1C)C[C@@]1(CCCc2cc(Cl)ccc21)CO3. The lowest BCUT2D eigenvalue weighted by atomic mass is 9.67. The number of nitrogens with zero attached hydrogens (tertiary/aromatic N) is 2. The molecule has 1 fully saturated rings. The number of halogens is 1. The standard InChI is InChI=1S/C35H48ClN3O4S/c1-22-15-28(38(3)4)18-32(40)29-11-8-26(29)19-39-20-35(14-6-7-24-16-27(36)10-12-30(24)35)21-43-33-13-9-25(17-31(33)39)34(41)37-44(5,42)23(22)2/h9-10,12-13,16-17,22-23,26,28-29,32,40H,5-8,11,14-15,18-21H2,1-4H3,(H,37,41,42)/t22-,23+,26-,28+,29+,32+,35-,44?/m0/s1. The summed E-state index contributed by atoms with van der Waals surface area (Å²) in [5.74, 6) is 4.97. The molecule has 2 N–H and O–H groups in total. The van der Waals surface area contributed by atoms with Gasteiger partial charge in [0, 0.05) is 40.4 Å². The number of ether oxygens (including phenoxy) is 1. The van der Waals surface area contributed by atoms with Crippen molar-refractivity contribution in [3.05, 3.63) is 58.1 Å². The molecule has 2 aromatic rings. The second kappa shape index (κ2) is 12.2. The number of benzene rings is 2. The van der Waals surface area contributed by atoms with E-state index < -0.39 is 15.8 Å². The van der Waals surface area contributed by atoms with Crippen LogP contribution in [0.3, 0.4) is 0 Å². The van der Waals surface area contributed by atoms with Gasteiger partial charge in [-0.05, 0) is 131 Å². The number of rotatable bonds is 1. The molecule has 1 amide bonds. The van der Waals surface area contributed by atoms with Crippen molar-refractivity contribution in [1.82, 2.24) is 9.62 Å². The molecule has 240 valence electrons. The molecule has 1 unspecified atom stereocenters. The van der Waals surface area contributed by atoms with E-state index in [-0.39, 0.29) is 34.4 Å². The number of amides is 1. The second-order valence-corrected chi connectivity index (χ2v) is 17.1. The zero-order valence-electron chi connectivity index (χ0n) is 26.6. The lowest BCUT2D eigenvalue weighted by Gasteiger charge is -2.46. The van der Waals surface area contributed by atoms with Gasteiger partial charge in [0.05, 0.1) is 28.1 Å². The summed E-state index contributed by atoms with van der Waals surface area (Å²) in [6.45, 7) is 6.06. The molecule has 0 aromatic heterocycles. The molecule has 2 aromatic carbocycles. The Morgan fingerprint density at radius 2 is 1.95 bits per heavy atom. The van der Waals surface area contributed by atoms with Gasteiger partial charge in [-0.1, -0.05) is 24.6 Å². The van der Waals surface area contributed by atoms with Crippen LogP contribution in [0.25, 0.3) is 0 Å². The van der Waals surface area contributed by atoms with Gasteiger partial charge in [-0.3, -0.25) is 9.52 Å². The van der Waals surface area contributed by atoms with Crippen LogP contribution in [-0.2, 0) is 21.5 Å². The fourth-order valence-corrected chi connectivity index (χ4v) is 9.82. The molecular weight excluding hydrogens is 594 g/mol. The average molecular weight is 642 g/mol. The molecule has 0 radical (unpaired) electrons. The minimum atomic E-state index is -2.94. The van der Waals surface area contributed by atoms with Crippen LogP contribution in [0.2, 0.25) is 5.02 Å². The topological polar surface area (TPSA) is 82.1 Å². The number of carbonyl (C=O) groups is 1. The molecule has 9 heteroatoms. The minimum Gasteiger partial charge on any atom is -0.490 e. The molecule has 1 saturated carbocycles. The van der Waals surface area contributed by atoms with Gasteiger partial charge < -0.3 is 19.6 Å². The highest BCUT2D eigenvalue weighted by atomic mass is 35.5. The molecular formula is C35H48ClN3O4S. The van der Waals surface area contributed by atoms with Crippen LogP contribution < -0.4 is 14.4 Å². The van der Waals surface area contributed by atoms with Gasteiger partial charge >= 0.3 is 0 Å². The summed E-state index contributed by atoms with van der Waals surface area (Å²) in [4.78, 5) is 18.2. The number of fused-ring (bicyclic) bond motifs is 4. The van der Waals surface area contributed by atoms with Gasteiger partial charge in [0.1, 0.15) is 5.75 Å². The Bertz CT molecular complexity index is 1510. The first-order valence-electron chi connectivity index (χ1n) is 16.2. The molecule has 4 aliphatic rings. The maximum atomic E-state index is 13.9. The number of anilines is 1. The van der Waals surface area contributed by atoms with Crippen LogP contribution in [0.4, 0.5) is 5.69 Å². The summed E-state index contributed by atoms with van der Waals surface area (Å²) in [6, 6.07) is 11.9. The Kier molecular flexibility index (Phi) is 8.76. The number of nitrogens with one attached hydrogen (secondary N) is 1. The van der Waals surface area contributed by atoms with E-state index in [2.05, 4.69) is 53.5 Å². The number of aliphatic hydroxyl groups is 1. The van der Waals surface area contributed by atoms with E-state index in [1.165, 1.54) is 11.1 Å². The zero-order valence-corrected chi connectivity index (χ0v) is 28.1. The minimum absolute atomic E-state index is 0.0328. The molecule has 2 bridgehead atoms. The third-order valence-electron chi connectivity index (χ3n) is 11.3. The first-order chi connectivity index (χ1) is 20.9. The predicted octanol–water partition coefficient (Wildman–Crippen LogP) is 5.31. The van der Waals surface area contributed by atoms with Gasteiger partial charge in [0.2, 0.25) is 0 Å². The molecule has 1 spiro atoms. The number of hydrogen-bond acceptors (Lipinski definition) is 6. The van der Waals surface area contributed by atoms with Crippen LogP contribution in [0.1, 0.15) is 73.9 Å². The van der Waals surface area contributed by atoms with E-state index in [1.807, 2.05) is 25.1 Å². The Balaban J connectivity index is 1.42. The summed E-state index contributed by atoms with van der Waals surface area (Å²) < 4.78 is 23.3. The van der Waals surface area contributed by atoms with Crippen molar-refractivity contribution in [1.29, 1.82) is 0 Å². The Morgan fingerprint density at radius 1 is 1.16 bits per heavy atom. The molecule has 2 aliphatic heterocycles. The molecule has 7 nitrogen and oxygen atoms in total. The van der Waals surface area contributed by atoms with Crippen LogP contribution in [-0.4, -0.2) is 77.2 Å². The normalized spacial score (nSPS) is 36.0. The van der Waals surface area contributed by atoms with Crippen molar-refractivity contribution in [3.8, 4) is 5.75 Å². The lowest BCUT2D eigenvalue weighted by molar-refractivity contribution is -0.00541. The number of aryl methyl sites for hydroxylation is 1. The maximum Gasteiger partial charge on any atom is 0.262 e. The van der Waals surface area contributed by atoms with E-state index in [0.29, 0.717) is 24.5 Å². The van der Waals surface area contributed by atoms with Gasteiger partial charge in [0.25, 0.3) is 5.91 Å². The monoisotopic (exact) mass is 641 g/mol. The van der Waals surface area contributed by atoms with Crippen molar-refractivity contribution in [2.75, 3.05) is 38.7 Å². The largest absolute Gasteiger partial charge is 0.490 e. The Labute approximate surface area is 268 Å². The van der Waals surface area contributed by atoms with Gasteiger partial charge in [-0.15, -0.1) is 0 Å². The summed E-state index contributed by atoms with van der Waals surface area (Å²) in [7, 11) is 1.16. The van der Waals surface area contributed by atoms with E-state index in [1.54, 1.807) is 6.07 Å². The second-order valence-electron chi connectivity index (χ2n) is 14.3. The Hall–Kier alpha value is -2.26. The summed E-state index contributed by atoms with van der Waals surface area (Å²) >= 11 is 6.43. The van der Waals surface area contributed by atoms with Crippen molar-refractivity contribution >= 4 is 38.8 Å². The highest BCUT2D eigenvalue weighted by molar-refractivity contribution is 7.99. The molecule has 0 saturated heterocycles. The third kappa shape index (κ3) is 6.00. The van der Waals surface area contributed by atoms with Crippen molar-refractivity contribution in [2.24, 2.45) is 17.8 Å². The smallest absolute Gasteiger partial charge is 0.262 e. The number of carbonyl (C=O) groups excluding carboxylic acids is 1. The van der Waals surface area contributed by atoms with Crippen LogP contribution in [0, 0.1) is 17.8 Å². The zero-order chi connectivity index (χ0) is 31.4. The van der Waals surface area contributed by atoms with Crippen LogP contribution in [0.15, 0.2) is 36.4 Å². The lowest BCUT2D eigenvalue weighted by Crippen LogP contribution is -2.50. The van der Waals surface area contributed by atoms with Gasteiger partial charge in [-0.25, -0.2) is 4.21 Å². The van der Waals surface area contributed by atoms with Crippen molar-refractivity contribution < 1.29 is 18.8 Å². The van der Waals surface area contributed by atoms with Crippen LogP contribution >= 0.6 is 11.6 Å². The molecule has 6 rings (SSSR count). The molecule has 44 heavy (non-hydrogen) atoms. The number of hydrogen-bond donors (Lipinski definition) is 2. The quantitative estimate of drug-likeness (QED) is 0.411. The third-order valence-corrected chi connectivity index (χ3v) is 13.7. The fourth-order valence-electron chi connectivity index (χ4n) is 8.14. The first-order valence-corrected chi connectivity index (χ1v) is 18.4. The predicted molar refractivity (Wildman–Crippen MR) is 181 cm³/mol. The Morgan fingerprint density at radius 3 is 2.68 bits per heavy atom. The van der Waals surface area contributed by atoms with Crippen molar-refractivity contribution in [2.45, 2.75) is 81.6 Å². The molecule has 2 heterocycles. The number of aliphatic hydroxyl groups excluding tert-OH is 1. The summed E-state index contributed by atoms with van der Waals surface area (Å²) in [6.07, 6.45) is 6.15. The summed E-state index contributed by atoms with van der Waals surface area (Å²) in [5, 5.41) is 12.1. The highest BCUT2D eigenvalue weighted by Gasteiger charge is 2.45. The molecule has 2 aliphatic carbocycles. The molecule has 8 atom stereocenters. The summed E-state index contributed by atoms with van der Waals surface area (Å²) in [5.41, 5.74) is 3.69. The average Bonchev–Trinajstić information content (AvgIpc) is 3.10. The maximum absolute atomic E-state index is 13.9. The van der Waals surface area contributed by atoms with Crippen molar-refractivity contribution in [3.63, 3.8) is 0 Å². The van der Waals surface area contributed by atoms with Crippen LogP contribution in [0.5, 0.6) is 5.75 Å². The van der Waals surface area contributed by atoms with E-state index >= 15 is 0 Å². The van der Waals surface area contributed by atoms with E-state index in [0.717, 1.165) is 68.1 Å². The van der Waals surface area contributed by atoms with Gasteiger partial charge in [-0.2, -0.15) is 0 Å². The highest BCUT2D eigenvalue weighted by Crippen LogP contribution is 2.47. The van der Waals surface area contributed by atoms with E-state index in [4.69, 9.17) is 16.3 Å². The van der Waals surface area contributed by atoms with E-state index in [9.17, 15) is 14.1 Å². The van der Waals surface area contributed by atoms with Gasteiger partial charge in [0.15, 0.2) is 0 Å². The first kappa shape index (κ1) is 31.7.